The minimum atomic E-state index is -1.69. The standard InChI is InChI=1S/C20H14Cl2N2O4/c1-11-17(25)28-20(23-11,13-5-9-15(22)10-6-13)19(2)18(26)27-16(24-19)12-3-7-14(21)8-4-12/h3-10H,1-2H3. The number of benzene rings is 2. The second kappa shape index (κ2) is 6.43. The van der Waals surface area contributed by atoms with E-state index in [4.69, 9.17) is 32.7 Å². The Morgan fingerprint density at radius 3 is 2.00 bits per heavy atom. The number of ether oxygens (including phenoxy) is 2. The molecule has 28 heavy (non-hydrogen) atoms. The number of carbonyl (C=O) groups is 2. The molecule has 6 nitrogen and oxygen atoms in total. The summed E-state index contributed by atoms with van der Waals surface area (Å²) in [6.07, 6.45) is 0. The smallest absolute Gasteiger partial charge is 0.354 e. The Hall–Kier alpha value is -2.70. The fourth-order valence-corrected chi connectivity index (χ4v) is 3.44. The van der Waals surface area contributed by atoms with Gasteiger partial charge in [-0.15, -0.1) is 0 Å². The molecule has 2 unspecified atom stereocenters. The predicted octanol–water partition coefficient (Wildman–Crippen LogP) is 3.93. The van der Waals surface area contributed by atoms with Gasteiger partial charge in [-0.05, 0) is 50.2 Å². The van der Waals surface area contributed by atoms with Crippen LogP contribution in [0.1, 0.15) is 25.0 Å². The number of aliphatic imine (C=N–C) groups is 2. The topological polar surface area (TPSA) is 77.3 Å². The molecule has 0 spiro atoms. The van der Waals surface area contributed by atoms with Gasteiger partial charge in [-0.1, -0.05) is 35.3 Å². The first kappa shape index (κ1) is 18.7. The van der Waals surface area contributed by atoms with Gasteiger partial charge in [0.2, 0.25) is 11.4 Å². The predicted molar refractivity (Wildman–Crippen MR) is 105 cm³/mol. The molecule has 0 aliphatic carbocycles. The van der Waals surface area contributed by atoms with E-state index >= 15 is 0 Å². The molecule has 0 bridgehead atoms. The van der Waals surface area contributed by atoms with Crippen molar-refractivity contribution in [2.45, 2.75) is 25.1 Å². The maximum atomic E-state index is 12.9. The van der Waals surface area contributed by atoms with Crippen LogP contribution in [0, 0.1) is 0 Å². The fourth-order valence-electron chi connectivity index (χ4n) is 3.19. The van der Waals surface area contributed by atoms with Crippen molar-refractivity contribution in [1.82, 2.24) is 0 Å². The molecule has 0 saturated carbocycles. The van der Waals surface area contributed by atoms with Crippen LogP contribution in [0.3, 0.4) is 0 Å². The van der Waals surface area contributed by atoms with Gasteiger partial charge in [0.15, 0.2) is 0 Å². The SMILES string of the molecule is CC1=NC(c2ccc(Cl)cc2)(C2(C)N=C(c3ccc(Cl)cc3)OC2=O)OC1=O. The zero-order valence-corrected chi connectivity index (χ0v) is 16.4. The van der Waals surface area contributed by atoms with E-state index in [1.54, 1.807) is 48.5 Å². The van der Waals surface area contributed by atoms with E-state index in [1.807, 2.05) is 0 Å². The maximum Gasteiger partial charge on any atom is 0.354 e. The lowest BCUT2D eigenvalue weighted by Crippen LogP contribution is -2.51. The zero-order valence-electron chi connectivity index (χ0n) is 14.9. The summed E-state index contributed by atoms with van der Waals surface area (Å²) in [6.45, 7) is 3.05. The van der Waals surface area contributed by atoms with Crippen LogP contribution >= 0.6 is 23.2 Å². The molecule has 0 N–H and O–H groups in total. The maximum absolute atomic E-state index is 12.9. The molecule has 0 aromatic heterocycles. The number of nitrogens with zero attached hydrogens (tertiary/aromatic N) is 2. The summed E-state index contributed by atoms with van der Waals surface area (Å²) in [6, 6.07) is 13.2. The molecule has 2 heterocycles. The number of esters is 2. The first-order chi connectivity index (χ1) is 13.2. The van der Waals surface area contributed by atoms with Crippen LogP contribution in [0.2, 0.25) is 10.0 Å². The van der Waals surface area contributed by atoms with E-state index in [-0.39, 0.29) is 11.6 Å². The molecular formula is C20H14Cl2N2O4. The van der Waals surface area contributed by atoms with Crippen LogP contribution in [-0.4, -0.2) is 29.1 Å². The van der Waals surface area contributed by atoms with Crippen molar-refractivity contribution in [3.05, 3.63) is 69.7 Å². The molecule has 0 fully saturated rings. The van der Waals surface area contributed by atoms with Crippen LogP contribution in [0.5, 0.6) is 0 Å². The van der Waals surface area contributed by atoms with Crippen LogP contribution in [0.4, 0.5) is 0 Å². The highest BCUT2D eigenvalue weighted by molar-refractivity contribution is 6.37. The summed E-state index contributed by atoms with van der Waals surface area (Å²) in [5.41, 5.74) is -2.15. The number of cyclic esters (lactones) is 2. The van der Waals surface area contributed by atoms with Gasteiger partial charge in [-0.3, -0.25) is 0 Å². The molecule has 2 aliphatic rings. The van der Waals surface area contributed by atoms with E-state index in [9.17, 15) is 9.59 Å². The summed E-state index contributed by atoms with van der Waals surface area (Å²) in [5.74, 6) is -1.20. The first-order valence-corrected chi connectivity index (χ1v) is 9.15. The molecule has 0 amide bonds. The fraction of sp³-hybridized carbons (Fsp3) is 0.200. The Bertz CT molecular complexity index is 1050. The number of rotatable bonds is 3. The summed E-state index contributed by atoms with van der Waals surface area (Å²) in [4.78, 5) is 34.1. The van der Waals surface area contributed by atoms with Gasteiger partial charge in [0, 0.05) is 21.2 Å². The third kappa shape index (κ3) is 2.72. The molecule has 2 aromatic carbocycles. The average molecular weight is 417 g/mol. The minimum absolute atomic E-state index is 0.105. The van der Waals surface area contributed by atoms with Gasteiger partial charge in [0.1, 0.15) is 5.71 Å². The normalized spacial score (nSPS) is 26.6. The molecule has 8 heteroatoms. The highest BCUT2D eigenvalue weighted by atomic mass is 35.5. The Labute approximate surface area is 170 Å². The molecule has 4 rings (SSSR count). The van der Waals surface area contributed by atoms with Crippen molar-refractivity contribution in [2.24, 2.45) is 9.98 Å². The summed E-state index contributed by atoms with van der Waals surface area (Å²) >= 11 is 11.9. The highest BCUT2D eigenvalue weighted by Gasteiger charge is 2.65. The largest absolute Gasteiger partial charge is 0.425 e. The van der Waals surface area contributed by atoms with Crippen molar-refractivity contribution in [2.75, 3.05) is 0 Å². The minimum Gasteiger partial charge on any atom is -0.425 e. The van der Waals surface area contributed by atoms with Gasteiger partial charge in [0.25, 0.3) is 5.72 Å². The molecular weight excluding hydrogens is 403 g/mol. The Kier molecular flexibility index (Phi) is 4.28. The lowest BCUT2D eigenvalue weighted by Gasteiger charge is -2.34. The Morgan fingerprint density at radius 2 is 1.46 bits per heavy atom. The second-order valence-electron chi connectivity index (χ2n) is 6.62. The molecule has 2 atom stereocenters. The monoisotopic (exact) mass is 416 g/mol. The van der Waals surface area contributed by atoms with Crippen molar-refractivity contribution < 1.29 is 19.1 Å². The van der Waals surface area contributed by atoms with E-state index in [2.05, 4.69) is 9.98 Å². The molecule has 0 saturated heterocycles. The zero-order chi connectivity index (χ0) is 20.1. The molecule has 2 aromatic rings. The lowest BCUT2D eigenvalue weighted by atomic mass is 9.84. The Balaban J connectivity index is 1.88. The number of hydrogen-bond donors (Lipinski definition) is 0. The summed E-state index contributed by atoms with van der Waals surface area (Å²) in [5, 5.41) is 1.03. The highest BCUT2D eigenvalue weighted by Crippen LogP contribution is 2.47. The number of hydrogen-bond acceptors (Lipinski definition) is 6. The van der Waals surface area contributed by atoms with E-state index < -0.39 is 23.2 Å². The summed E-state index contributed by atoms with van der Waals surface area (Å²) < 4.78 is 11.1. The van der Waals surface area contributed by atoms with E-state index in [0.717, 1.165) is 0 Å². The van der Waals surface area contributed by atoms with Gasteiger partial charge < -0.3 is 9.47 Å². The van der Waals surface area contributed by atoms with E-state index in [0.29, 0.717) is 21.2 Å². The lowest BCUT2D eigenvalue weighted by molar-refractivity contribution is -0.163. The van der Waals surface area contributed by atoms with Crippen LogP contribution in [0.25, 0.3) is 0 Å². The average Bonchev–Trinajstić information content (AvgIpc) is 3.15. The van der Waals surface area contributed by atoms with E-state index in [1.165, 1.54) is 13.8 Å². The summed E-state index contributed by atoms with van der Waals surface area (Å²) in [7, 11) is 0. The van der Waals surface area contributed by atoms with Crippen LogP contribution < -0.4 is 0 Å². The molecule has 0 radical (unpaired) electrons. The number of halogens is 2. The first-order valence-electron chi connectivity index (χ1n) is 8.39. The Morgan fingerprint density at radius 1 is 0.893 bits per heavy atom. The van der Waals surface area contributed by atoms with Gasteiger partial charge in [-0.2, -0.15) is 0 Å². The van der Waals surface area contributed by atoms with Crippen LogP contribution in [-0.2, 0) is 24.8 Å². The molecule has 2 aliphatic heterocycles. The van der Waals surface area contributed by atoms with Gasteiger partial charge in [-0.25, -0.2) is 19.6 Å². The van der Waals surface area contributed by atoms with Crippen molar-refractivity contribution >= 4 is 46.7 Å². The third-order valence-electron chi connectivity index (χ3n) is 4.76. The van der Waals surface area contributed by atoms with Crippen molar-refractivity contribution in [1.29, 1.82) is 0 Å². The van der Waals surface area contributed by atoms with Crippen molar-refractivity contribution in [3.63, 3.8) is 0 Å². The van der Waals surface area contributed by atoms with Crippen LogP contribution in [0.15, 0.2) is 58.5 Å². The second-order valence-corrected chi connectivity index (χ2v) is 7.50. The quantitative estimate of drug-likeness (QED) is 0.710. The molecule has 142 valence electrons. The van der Waals surface area contributed by atoms with Gasteiger partial charge in [0.05, 0.1) is 0 Å². The third-order valence-corrected chi connectivity index (χ3v) is 5.26. The van der Waals surface area contributed by atoms with Gasteiger partial charge >= 0.3 is 11.9 Å². The van der Waals surface area contributed by atoms with Crippen molar-refractivity contribution in [3.8, 4) is 0 Å². The number of carbonyl (C=O) groups excluding carboxylic acids is 2.